The maximum absolute atomic E-state index is 12.0. The van der Waals surface area contributed by atoms with Crippen molar-refractivity contribution in [3.05, 3.63) is 57.5 Å². The van der Waals surface area contributed by atoms with Crippen molar-refractivity contribution in [1.29, 1.82) is 0 Å². The van der Waals surface area contributed by atoms with Gasteiger partial charge in [0.15, 0.2) is 0 Å². The van der Waals surface area contributed by atoms with Gasteiger partial charge in [0.2, 0.25) is 5.91 Å². The van der Waals surface area contributed by atoms with E-state index in [4.69, 9.17) is 0 Å². The number of aryl methyl sites for hydroxylation is 1. The van der Waals surface area contributed by atoms with Crippen molar-refractivity contribution in [2.45, 2.75) is 25.8 Å². The molecule has 1 amide bonds. The van der Waals surface area contributed by atoms with Gasteiger partial charge in [-0.25, -0.2) is 4.79 Å². The molecular formula is C15H17N3O4. The molecule has 0 bridgehead atoms. The molecule has 0 fully saturated rings. The van der Waals surface area contributed by atoms with Crippen molar-refractivity contribution in [2.24, 2.45) is 0 Å². The van der Waals surface area contributed by atoms with Gasteiger partial charge >= 0.3 is 5.97 Å². The number of hydrogen-bond acceptors (Lipinski definition) is 3. The van der Waals surface area contributed by atoms with E-state index in [2.05, 4.69) is 15.5 Å². The van der Waals surface area contributed by atoms with Gasteiger partial charge in [0.25, 0.3) is 5.56 Å². The van der Waals surface area contributed by atoms with Gasteiger partial charge in [0.05, 0.1) is 6.42 Å². The van der Waals surface area contributed by atoms with Crippen LogP contribution >= 0.6 is 0 Å². The molecule has 0 saturated heterocycles. The molecule has 22 heavy (non-hydrogen) atoms. The number of nitrogens with one attached hydrogen (secondary N) is 3. The summed E-state index contributed by atoms with van der Waals surface area (Å²) in [5.74, 6) is -1.62. The number of aromatic nitrogens is 2. The third-order valence-corrected chi connectivity index (χ3v) is 3.34. The van der Waals surface area contributed by atoms with E-state index in [0.29, 0.717) is 11.3 Å². The number of benzene rings is 1. The number of H-pyrrole nitrogens is 2. The van der Waals surface area contributed by atoms with Crippen LogP contribution in [0, 0.1) is 6.92 Å². The van der Waals surface area contributed by atoms with Crippen molar-refractivity contribution in [3.8, 4) is 0 Å². The van der Waals surface area contributed by atoms with Gasteiger partial charge in [-0.3, -0.25) is 14.7 Å². The van der Waals surface area contributed by atoms with Crippen LogP contribution in [0.4, 0.5) is 0 Å². The number of hydrogen-bond donors (Lipinski definition) is 4. The molecule has 0 aliphatic heterocycles. The second-order valence-corrected chi connectivity index (χ2v) is 5.01. The van der Waals surface area contributed by atoms with Crippen molar-refractivity contribution in [2.75, 3.05) is 0 Å². The van der Waals surface area contributed by atoms with Gasteiger partial charge in [0.1, 0.15) is 6.04 Å². The van der Waals surface area contributed by atoms with Gasteiger partial charge in [-0.05, 0) is 12.5 Å². The van der Waals surface area contributed by atoms with Gasteiger partial charge in [-0.2, -0.15) is 0 Å². The van der Waals surface area contributed by atoms with Crippen LogP contribution in [0.5, 0.6) is 0 Å². The highest BCUT2D eigenvalue weighted by molar-refractivity contribution is 5.85. The molecule has 116 valence electrons. The lowest BCUT2D eigenvalue weighted by atomic mass is 10.1. The lowest BCUT2D eigenvalue weighted by Gasteiger charge is -2.14. The van der Waals surface area contributed by atoms with Gasteiger partial charge in [0, 0.05) is 17.7 Å². The number of carboxylic acids is 1. The first kappa shape index (κ1) is 15.6. The SMILES string of the molecule is Cc1[nH][nH]c(=O)c1CC(=O)N[C@@H](Cc1ccccc1)C(=O)O. The molecular weight excluding hydrogens is 286 g/mol. The molecule has 1 aromatic heterocycles. The summed E-state index contributed by atoms with van der Waals surface area (Å²) in [6.45, 7) is 1.67. The highest BCUT2D eigenvalue weighted by Crippen LogP contribution is 2.04. The molecule has 0 saturated carbocycles. The third-order valence-electron chi connectivity index (χ3n) is 3.34. The Morgan fingerprint density at radius 1 is 1.23 bits per heavy atom. The fourth-order valence-corrected chi connectivity index (χ4v) is 2.14. The van der Waals surface area contributed by atoms with Crippen molar-refractivity contribution in [3.63, 3.8) is 0 Å². The minimum Gasteiger partial charge on any atom is -0.480 e. The molecule has 4 N–H and O–H groups in total. The molecule has 2 aromatic rings. The Bertz CT molecular complexity index is 718. The summed E-state index contributed by atoms with van der Waals surface area (Å²) in [4.78, 5) is 34.8. The molecule has 0 spiro atoms. The van der Waals surface area contributed by atoms with Crippen LogP contribution in [0.2, 0.25) is 0 Å². The van der Waals surface area contributed by atoms with E-state index in [1.54, 1.807) is 31.2 Å². The van der Waals surface area contributed by atoms with E-state index in [1.165, 1.54) is 0 Å². The maximum atomic E-state index is 12.0. The van der Waals surface area contributed by atoms with Gasteiger partial charge in [-0.15, -0.1) is 0 Å². The molecule has 1 heterocycles. The molecule has 7 heteroatoms. The number of carbonyl (C=O) groups excluding carboxylic acids is 1. The number of rotatable bonds is 6. The second kappa shape index (κ2) is 6.75. The minimum absolute atomic E-state index is 0.163. The van der Waals surface area contributed by atoms with Crippen LogP contribution < -0.4 is 10.9 Å². The van der Waals surface area contributed by atoms with Crippen LogP contribution in [-0.4, -0.2) is 33.2 Å². The maximum Gasteiger partial charge on any atom is 0.326 e. The molecule has 0 aliphatic carbocycles. The zero-order chi connectivity index (χ0) is 16.1. The molecule has 7 nitrogen and oxygen atoms in total. The predicted octanol–water partition coefficient (Wildman–Crippen LogP) is 0.366. The van der Waals surface area contributed by atoms with E-state index in [-0.39, 0.29) is 18.4 Å². The number of aliphatic carboxylic acids is 1. The molecule has 0 unspecified atom stereocenters. The summed E-state index contributed by atoms with van der Waals surface area (Å²) >= 11 is 0. The smallest absolute Gasteiger partial charge is 0.326 e. The number of carboxylic acid groups (broad SMARTS) is 1. The first-order chi connectivity index (χ1) is 10.5. The van der Waals surface area contributed by atoms with Crippen LogP contribution in [0.25, 0.3) is 0 Å². The predicted molar refractivity (Wildman–Crippen MR) is 79.6 cm³/mol. The summed E-state index contributed by atoms with van der Waals surface area (Å²) < 4.78 is 0. The van der Waals surface area contributed by atoms with E-state index < -0.39 is 17.9 Å². The molecule has 2 rings (SSSR count). The van der Waals surface area contributed by atoms with Gasteiger partial charge in [-0.1, -0.05) is 30.3 Å². The molecule has 0 radical (unpaired) electrons. The highest BCUT2D eigenvalue weighted by atomic mass is 16.4. The quantitative estimate of drug-likeness (QED) is 0.617. The highest BCUT2D eigenvalue weighted by Gasteiger charge is 2.21. The molecule has 1 aromatic carbocycles. The average molecular weight is 303 g/mol. The fraction of sp³-hybridized carbons (Fsp3) is 0.267. The lowest BCUT2D eigenvalue weighted by molar-refractivity contribution is -0.141. The van der Waals surface area contributed by atoms with E-state index in [0.717, 1.165) is 5.56 Å². The Labute approximate surface area is 126 Å². The van der Waals surface area contributed by atoms with Crippen LogP contribution in [0.1, 0.15) is 16.8 Å². The summed E-state index contributed by atoms with van der Waals surface area (Å²) in [5, 5.41) is 16.7. The summed E-state index contributed by atoms with van der Waals surface area (Å²) in [7, 11) is 0. The van der Waals surface area contributed by atoms with Gasteiger partial charge < -0.3 is 15.5 Å². The fourth-order valence-electron chi connectivity index (χ4n) is 2.14. The van der Waals surface area contributed by atoms with Crippen LogP contribution in [-0.2, 0) is 22.4 Å². The van der Waals surface area contributed by atoms with E-state index in [9.17, 15) is 19.5 Å². The van der Waals surface area contributed by atoms with Crippen molar-refractivity contribution >= 4 is 11.9 Å². The van der Waals surface area contributed by atoms with Crippen LogP contribution in [0.15, 0.2) is 35.1 Å². The topological polar surface area (TPSA) is 115 Å². The zero-order valence-corrected chi connectivity index (χ0v) is 12.1. The summed E-state index contributed by atoms with van der Waals surface area (Å²) in [6, 6.07) is 8.00. The van der Waals surface area contributed by atoms with Crippen molar-refractivity contribution < 1.29 is 14.7 Å². The Balaban J connectivity index is 2.03. The van der Waals surface area contributed by atoms with Crippen LogP contribution in [0.3, 0.4) is 0 Å². The standard InChI is InChI=1S/C15H17N3O4/c1-9-11(14(20)18-17-9)8-13(19)16-12(15(21)22)7-10-5-3-2-4-6-10/h2-6,12H,7-8H2,1H3,(H,16,19)(H,21,22)(H2,17,18,20)/t12-/m0/s1. The molecule has 0 aliphatic rings. The summed E-state index contributed by atoms with van der Waals surface area (Å²) in [5.41, 5.74) is 1.31. The number of aromatic amines is 2. The normalized spacial score (nSPS) is 11.9. The summed E-state index contributed by atoms with van der Waals surface area (Å²) in [6.07, 6.45) is 0.0215. The lowest BCUT2D eigenvalue weighted by Crippen LogP contribution is -2.43. The van der Waals surface area contributed by atoms with E-state index >= 15 is 0 Å². The van der Waals surface area contributed by atoms with Crippen molar-refractivity contribution in [1.82, 2.24) is 15.5 Å². The first-order valence-electron chi connectivity index (χ1n) is 6.79. The Kier molecular flexibility index (Phi) is 4.77. The Morgan fingerprint density at radius 2 is 1.91 bits per heavy atom. The average Bonchev–Trinajstić information content (AvgIpc) is 2.79. The first-order valence-corrected chi connectivity index (χ1v) is 6.79. The third kappa shape index (κ3) is 3.85. The van der Waals surface area contributed by atoms with E-state index in [1.807, 2.05) is 6.07 Å². The largest absolute Gasteiger partial charge is 0.480 e. The Morgan fingerprint density at radius 3 is 2.45 bits per heavy atom. The Hall–Kier alpha value is -2.83. The zero-order valence-electron chi connectivity index (χ0n) is 12.1. The second-order valence-electron chi connectivity index (χ2n) is 5.01. The monoisotopic (exact) mass is 303 g/mol. The number of carbonyl (C=O) groups is 2. The number of amides is 1. The molecule has 1 atom stereocenters. The minimum atomic E-state index is -1.11.